The van der Waals surface area contributed by atoms with E-state index in [0.717, 1.165) is 17.5 Å². The third kappa shape index (κ3) is 3.30. The van der Waals surface area contributed by atoms with Gasteiger partial charge in [-0.3, -0.25) is 0 Å². The van der Waals surface area contributed by atoms with E-state index in [1.54, 1.807) is 16.4 Å². The largest absolute Gasteiger partial charge is 0.326 e. The summed E-state index contributed by atoms with van der Waals surface area (Å²) in [6, 6.07) is 5.25. The van der Waals surface area contributed by atoms with Crippen molar-refractivity contribution in [2.45, 2.75) is 45.6 Å². The van der Waals surface area contributed by atoms with E-state index in [9.17, 15) is 8.42 Å². The van der Waals surface area contributed by atoms with Crippen LogP contribution in [0.25, 0.3) is 0 Å². The average molecular weight is 310 g/mol. The van der Waals surface area contributed by atoms with Crippen LogP contribution in [0.15, 0.2) is 23.1 Å². The van der Waals surface area contributed by atoms with Crippen molar-refractivity contribution in [1.29, 1.82) is 0 Å². The molecule has 1 aliphatic heterocycles. The minimum atomic E-state index is -3.40. The topological polar surface area (TPSA) is 63.4 Å². The van der Waals surface area contributed by atoms with Crippen molar-refractivity contribution in [2.24, 2.45) is 17.1 Å². The third-order valence-electron chi connectivity index (χ3n) is 4.55. The molecule has 1 atom stereocenters. The number of rotatable bonds is 3. The Bertz CT molecular complexity index is 618. The molecule has 0 aliphatic carbocycles. The number of hydrogen-bond donors (Lipinski definition) is 1. The Hall–Kier alpha value is -0.910. The molecular weight excluding hydrogens is 284 g/mol. The Morgan fingerprint density at radius 3 is 2.52 bits per heavy atom. The van der Waals surface area contributed by atoms with Gasteiger partial charge in [-0.05, 0) is 47.9 Å². The highest BCUT2D eigenvalue weighted by molar-refractivity contribution is 7.89. The van der Waals surface area contributed by atoms with Crippen molar-refractivity contribution < 1.29 is 8.42 Å². The van der Waals surface area contributed by atoms with E-state index >= 15 is 0 Å². The number of sulfonamides is 1. The van der Waals surface area contributed by atoms with Gasteiger partial charge in [0.1, 0.15) is 0 Å². The minimum absolute atomic E-state index is 0.139. The molecule has 1 heterocycles. The summed E-state index contributed by atoms with van der Waals surface area (Å²) in [5, 5.41) is 0. The lowest BCUT2D eigenvalue weighted by Crippen LogP contribution is -2.31. The summed E-state index contributed by atoms with van der Waals surface area (Å²) in [6.45, 7) is 10.0. The van der Waals surface area contributed by atoms with Gasteiger partial charge < -0.3 is 5.73 Å². The molecule has 0 bridgehead atoms. The van der Waals surface area contributed by atoms with Crippen LogP contribution < -0.4 is 5.73 Å². The van der Waals surface area contributed by atoms with Crippen molar-refractivity contribution in [3.05, 3.63) is 29.3 Å². The number of nitrogens with two attached hydrogens (primary N) is 1. The van der Waals surface area contributed by atoms with Crippen LogP contribution in [-0.4, -0.2) is 25.8 Å². The van der Waals surface area contributed by atoms with Crippen LogP contribution >= 0.6 is 0 Å². The quantitative estimate of drug-likeness (QED) is 0.933. The van der Waals surface area contributed by atoms with Gasteiger partial charge in [0.25, 0.3) is 0 Å². The van der Waals surface area contributed by atoms with Crippen LogP contribution in [0.1, 0.15) is 38.3 Å². The minimum Gasteiger partial charge on any atom is -0.326 e. The van der Waals surface area contributed by atoms with Crippen LogP contribution in [0, 0.1) is 18.3 Å². The average Bonchev–Trinajstić information content (AvgIpc) is 2.89. The Balaban J connectivity index is 2.27. The maximum atomic E-state index is 12.8. The molecule has 2 N–H and O–H groups in total. The predicted molar refractivity (Wildman–Crippen MR) is 85.4 cm³/mol. The summed E-state index contributed by atoms with van der Waals surface area (Å²) in [4.78, 5) is 0.364. The maximum absolute atomic E-state index is 12.8. The van der Waals surface area contributed by atoms with Crippen molar-refractivity contribution in [2.75, 3.05) is 13.1 Å². The van der Waals surface area contributed by atoms with Gasteiger partial charge in [-0.25, -0.2) is 8.42 Å². The van der Waals surface area contributed by atoms with Gasteiger partial charge in [0.15, 0.2) is 0 Å². The first-order chi connectivity index (χ1) is 9.66. The van der Waals surface area contributed by atoms with Gasteiger partial charge in [-0.1, -0.05) is 26.8 Å². The highest BCUT2D eigenvalue weighted by atomic mass is 32.2. The standard InChI is InChI=1S/C16H26N2O2S/c1-12-5-6-15(9-13(12)10-17)21(19,20)18-8-7-14(11-18)16(2,3)4/h5-6,9,14H,7-8,10-11,17H2,1-4H3. The molecule has 1 aromatic carbocycles. The first-order valence-electron chi connectivity index (χ1n) is 7.46. The molecule has 0 radical (unpaired) electrons. The Morgan fingerprint density at radius 2 is 2.00 bits per heavy atom. The van der Waals surface area contributed by atoms with E-state index in [2.05, 4.69) is 20.8 Å². The van der Waals surface area contributed by atoms with Crippen molar-refractivity contribution in [3.63, 3.8) is 0 Å². The molecule has 1 aliphatic rings. The number of hydrogen-bond acceptors (Lipinski definition) is 3. The Labute approximate surface area is 128 Å². The van der Waals surface area contributed by atoms with Gasteiger partial charge in [-0.15, -0.1) is 0 Å². The second-order valence-electron chi connectivity index (χ2n) is 7.01. The molecule has 1 unspecified atom stereocenters. The van der Waals surface area contributed by atoms with Crippen LogP contribution in [0.4, 0.5) is 0 Å². The molecule has 1 fully saturated rings. The SMILES string of the molecule is Cc1ccc(S(=O)(=O)N2CCC(C(C)(C)C)C2)cc1CN. The molecule has 0 spiro atoms. The Kier molecular flexibility index (Phi) is 4.47. The lowest BCUT2D eigenvalue weighted by molar-refractivity contribution is 0.252. The summed E-state index contributed by atoms with van der Waals surface area (Å²) in [5.74, 6) is 0.409. The zero-order valence-corrected chi connectivity index (χ0v) is 14.2. The second kappa shape index (κ2) is 5.71. The fourth-order valence-electron chi connectivity index (χ4n) is 2.83. The summed E-state index contributed by atoms with van der Waals surface area (Å²) in [6.07, 6.45) is 0.929. The van der Waals surface area contributed by atoms with E-state index in [0.29, 0.717) is 30.4 Å². The molecule has 118 valence electrons. The summed E-state index contributed by atoms with van der Waals surface area (Å²) in [5.41, 5.74) is 7.75. The molecule has 4 nitrogen and oxygen atoms in total. The highest BCUT2D eigenvalue weighted by Gasteiger charge is 2.37. The molecule has 0 saturated carbocycles. The third-order valence-corrected chi connectivity index (χ3v) is 6.42. The van der Waals surface area contributed by atoms with Gasteiger partial charge in [0.05, 0.1) is 4.90 Å². The zero-order valence-electron chi connectivity index (χ0n) is 13.4. The first-order valence-corrected chi connectivity index (χ1v) is 8.90. The van der Waals surface area contributed by atoms with Crippen LogP contribution in [0.2, 0.25) is 0 Å². The smallest absolute Gasteiger partial charge is 0.243 e. The Morgan fingerprint density at radius 1 is 1.33 bits per heavy atom. The van der Waals surface area contributed by atoms with Gasteiger partial charge in [-0.2, -0.15) is 4.31 Å². The monoisotopic (exact) mass is 310 g/mol. The van der Waals surface area contributed by atoms with Crippen molar-refractivity contribution in [3.8, 4) is 0 Å². The number of nitrogens with zero attached hydrogens (tertiary/aromatic N) is 1. The fraction of sp³-hybridized carbons (Fsp3) is 0.625. The highest BCUT2D eigenvalue weighted by Crippen LogP contribution is 2.35. The molecule has 21 heavy (non-hydrogen) atoms. The molecular formula is C16H26N2O2S. The summed E-state index contributed by atoms with van der Waals surface area (Å²) >= 11 is 0. The van der Waals surface area contributed by atoms with Gasteiger partial charge in [0, 0.05) is 19.6 Å². The van der Waals surface area contributed by atoms with Crippen LogP contribution in [0.5, 0.6) is 0 Å². The lowest BCUT2D eigenvalue weighted by Gasteiger charge is -2.27. The maximum Gasteiger partial charge on any atom is 0.243 e. The van der Waals surface area contributed by atoms with E-state index in [4.69, 9.17) is 5.73 Å². The summed E-state index contributed by atoms with van der Waals surface area (Å²) < 4.78 is 27.2. The molecule has 1 aromatic rings. The van der Waals surface area contributed by atoms with E-state index in [1.165, 1.54) is 0 Å². The molecule has 1 saturated heterocycles. The van der Waals surface area contributed by atoms with Gasteiger partial charge >= 0.3 is 0 Å². The second-order valence-corrected chi connectivity index (χ2v) is 8.95. The fourth-order valence-corrected chi connectivity index (χ4v) is 4.38. The summed E-state index contributed by atoms with van der Waals surface area (Å²) in [7, 11) is -3.40. The van der Waals surface area contributed by atoms with E-state index in [1.807, 2.05) is 13.0 Å². The van der Waals surface area contributed by atoms with E-state index < -0.39 is 10.0 Å². The lowest BCUT2D eigenvalue weighted by atomic mass is 9.80. The van der Waals surface area contributed by atoms with Crippen LogP contribution in [-0.2, 0) is 16.6 Å². The predicted octanol–water partition coefficient (Wildman–Crippen LogP) is 2.51. The number of benzene rings is 1. The molecule has 0 aromatic heterocycles. The number of aryl methyl sites for hydroxylation is 1. The van der Waals surface area contributed by atoms with Gasteiger partial charge in [0.2, 0.25) is 10.0 Å². The van der Waals surface area contributed by atoms with Crippen LogP contribution in [0.3, 0.4) is 0 Å². The zero-order chi connectivity index (χ0) is 15.8. The molecule has 0 amide bonds. The first kappa shape index (κ1) is 16.5. The van der Waals surface area contributed by atoms with E-state index in [-0.39, 0.29) is 5.41 Å². The molecule has 2 rings (SSSR count). The molecule has 5 heteroatoms. The van der Waals surface area contributed by atoms with Crippen molar-refractivity contribution >= 4 is 10.0 Å². The normalized spacial score (nSPS) is 20.9. The van der Waals surface area contributed by atoms with Crippen molar-refractivity contribution in [1.82, 2.24) is 4.31 Å².